The van der Waals surface area contributed by atoms with Gasteiger partial charge in [-0.2, -0.15) is 0 Å². The number of nitrogens with zero attached hydrogens (tertiary/aromatic N) is 3. The highest BCUT2D eigenvalue weighted by molar-refractivity contribution is 5.94. The van der Waals surface area contributed by atoms with E-state index >= 15 is 0 Å². The molecule has 0 unspecified atom stereocenters. The van der Waals surface area contributed by atoms with Crippen molar-refractivity contribution in [3.63, 3.8) is 0 Å². The summed E-state index contributed by atoms with van der Waals surface area (Å²) in [6, 6.07) is 7.41. The van der Waals surface area contributed by atoms with Crippen LogP contribution in [0, 0.1) is 0 Å². The number of anilines is 2. The molecule has 0 radical (unpaired) electrons. The van der Waals surface area contributed by atoms with Crippen LogP contribution in [-0.4, -0.2) is 62.0 Å². The monoisotopic (exact) mass is 290 g/mol. The van der Waals surface area contributed by atoms with Gasteiger partial charge < -0.3 is 15.5 Å². The van der Waals surface area contributed by atoms with Gasteiger partial charge in [-0.3, -0.25) is 9.69 Å². The molecule has 1 aromatic rings. The summed E-state index contributed by atoms with van der Waals surface area (Å²) in [7, 11) is 1.82. The molecule has 116 valence electrons. The lowest BCUT2D eigenvalue weighted by Gasteiger charge is -2.34. The number of carbonyl (C=O) groups excluding carboxylic acids is 1. The predicted octanol–water partition coefficient (Wildman–Crippen LogP) is 1.26. The number of carbonyl (C=O) groups is 1. The van der Waals surface area contributed by atoms with Gasteiger partial charge in [0.05, 0.1) is 6.54 Å². The highest BCUT2D eigenvalue weighted by atomic mass is 16.2. The van der Waals surface area contributed by atoms with Crippen molar-refractivity contribution in [2.24, 2.45) is 0 Å². The van der Waals surface area contributed by atoms with E-state index in [1.165, 1.54) is 6.42 Å². The molecule has 1 amide bonds. The van der Waals surface area contributed by atoms with Crippen molar-refractivity contribution in [2.75, 3.05) is 56.9 Å². The molecule has 2 N–H and O–H groups in total. The molecular weight excluding hydrogens is 264 g/mol. The summed E-state index contributed by atoms with van der Waals surface area (Å²) in [5.41, 5.74) is 7.28. The predicted molar refractivity (Wildman–Crippen MR) is 87.4 cm³/mol. The van der Waals surface area contributed by atoms with Gasteiger partial charge in [-0.15, -0.1) is 0 Å². The van der Waals surface area contributed by atoms with Crippen LogP contribution in [0.5, 0.6) is 0 Å². The van der Waals surface area contributed by atoms with Crippen LogP contribution in [0.4, 0.5) is 11.4 Å². The minimum absolute atomic E-state index is 0.128. The van der Waals surface area contributed by atoms with Gasteiger partial charge >= 0.3 is 0 Å². The van der Waals surface area contributed by atoms with Crippen molar-refractivity contribution in [3.8, 4) is 0 Å². The standard InChI is InChI=1S/C16H26N4O/c1-3-8-19-9-11-20(12-10-19)13-16(21)18(2)15-6-4-14(17)5-7-15/h4-7H,3,8-13,17H2,1-2H3. The van der Waals surface area contributed by atoms with Crippen LogP contribution in [0.1, 0.15) is 13.3 Å². The lowest BCUT2D eigenvalue weighted by molar-refractivity contribution is -0.119. The molecule has 2 rings (SSSR count). The molecule has 1 aromatic carbocycles. The quantitative estimate of drug-likeness (QED) is 0.830. The Kier molecular flexibility index (Phi) is 5.59. The largest absolute Gasteiger partial charge is 0.399 e. The summed E-state index contributed by atoms with van der Waals surface area (Å²) >= 11 is 0. The number of nitrogen functional groups attached to an aromatic ring is 1. The summed E-state index contributed by atoms with van der Waals surface area (Å²) in [6.07, 6.45) is 1.19. The van der Waals surface area contributed by atoms with Crippen LogP contribution in [0.3, 0.4) is 0 Å². The van der Waals surface area contributed by atoms with Crippen LogP contribution in [-0.2, 0) is 4.79 Å². The summed E-state index contributed by atoms with van der Waals surface area (Å²) in [5, 5.41) is 0. The highest BCUT2D eigenvalue weighted by Gasteiger charge is 2.20. The average Bonchev–Trinajstić information content (AvgIpc) is 2.49. The van der Waals surface area contributed by atoms with Crippen molar-refractivity contribution in [1.82, 2.24) is 9.80 Å². The van der Waals surface area contributed by atoms with Gasteiger partial charge in [0.2, 0.25) is 5.91 Å². The maximum Gasteiger partial charge on any atom is 0.240 e. The third kappa shape index (κ3) is 4.44. The molecule has 1 heterocycles. The molecule has 1 fully saturated rings. The zero-order chi connectivity index (χ0) is 15.2. The number of amides is 1. The molecule has 0 bridgehead atoms. The van der Waals surface area contributed by atoms with Crippen molar-refractivity contribution in [3.05, 3.63) is 24.3 Å². The maximum atomic E-state index is 12.3. The van der Waals surface area contributed by atoms with Gasteiger partial charge in [-0.25, -0.2) is 0 Å². The van der Waals surface area contributed by atoms with E-state index in [-0.39, 0.29) is 5.91 Å². The lowest BCUT2D eigenvalue weighted by Crippen LogP contribution is -2.49. The van der Waals surface area contributed by atoms with E-state index in [0.29, 0.717) is 12.2 Å². The second-order valence-corrected chi connectivity index (χ2v) is 5.66. The zero-order valence-corrected chi connectivity index (χ0v) is 13.1. The molecule has 0 aliphatic carbocycles. The molecule has 1 aliphatic rings. The van der Waals surface area contributed by atoms with E-state index in [0.717, 1.165) is 38.4 Å². The van der Waals surface area contributed by atoms with E-state index in [9.17, 15) is 4.79 Å². The smallest absolute Gasteiger partial charge is 0.240 e. The van der Waals surface area contributed by atoms with Crippen LogP contribution < -0.4 is 10.6 Å². The van der Waals surface area contributed by atoms with Gasteiger partial charge in [0.25, 0.3) is 0 Å². The fourth-order valence-electron chi connectivity index (χ4n) is 2.63. The van der Waals surface area contributed by atoms with Crippen molar-refractivity contribution >= 4 is 17.3 Å². The fourth-order valence-corrected chi connectivity index (χ4v) is 2.63. The van der Waals surface area contributed by atoms with Crippen molar-refractivity contribution < 1.29 is 4.79 Å². The molecular formula is C16H26N4O. The third-order valence-corrected chi connectivity index (χ3v) is 4.02. The maximum absolute atomic E-state index is 12.3. The Bertz CT molecular complexity index is 452. The number of hydrogen-bond acceptors (Lipinski definition) is 4. The number of likely N-dealkylation sites (N-methyl/N-ethyl adjacent to an activating group) is 1. The topological polar surface area (TPSA) is 52.8 Å². The number of rotatable bonds is 5. The lowest BCUT2D eigenvalue weighted by atomic mass is 10.2. The minimum Gasteiger partial charge on any atom is -0.399 e. The average molecular weight is 290 g/mol. The first kappa shape index (κ1) is 15.8. The van der Waals surface area contributed by atoms with Gasteiger partial charge in [-0.1, -0.05) is 6.92 Å². The Morgan fingerprint density at radius 3 is 2.29 bits per heavy atom. The van der Waals surface area contributed by atoms with Crippen LogP contribution in [0.2, 0.25) is 0 Å². The highest BCUT2D eigenvalue weighted by Crippen LogP contribution is 2.15. The van der Waals surface area contributed by atoms with Crippen molar-refractivity contribution in [1.29, 1.82) is 0 Å². The Balaban J connectivity index is 1.83. The summed E-state index contributed by atoms with van der Waals surface area (Å²) in [5.74, 6) is 0.128. The molecule has 1 aliphatic heterocycles. The van der Waals surface area contributed by atoms with Gasteiger partial charge in [-0.05, 0) is 37.2 Å². The van der Waals surface area contributed by atoms with E-state index < -0.39 is 0 Å². The normalized spacial score (nSPS) is 16.9. The molecule has 0 aromatic heterocycles. The number of piperazine rings is 1. The first-order chi connectivity index (χ1) is 10.1. The van der Waals surface area contributed by atoms with Crippen LogP contribution >= 0.6 is 0 Å². The molecule has 0 spiro atoms. The first-order valence-electron chi connectivity index (χ1n) is 7.67. The third-order valence-electron chi connectivity index (χ3n) is 4.02. The second-order valence-electron chi connectivity index (χ2n) is 5.66. The molecule has 21 heavy (non-hydrogen) atoms. The molecule has 5 heteroatoms. The molecule has 5 nitrogen and oxygen atoms in total. The Morgan fingerprint density at radius 2 is 1.71 bits per heavy atom. The van der Waals surface area contributed by atoms with Crippen LogP contribution in [0.25, 0.3) is 0 Å². The summed E-state index contributed by atoms with van der Waals surface area (Å²) in [6.45, 7) is 7.92. The summed E-state index contributed by atoms with van der Waals surface area (Å²) < 4.78 is 0. The van der Waals surface area contributed by atoms with Gasteiger partial charge in [0, 0.05) is 44.6 Å². The molecule has 0 atom stereocenters. The number of hydrogen-bond donors (Lipinski definition) is 1. The summed E-state index contributed by atoms with van der Waals surface area (Å²) in [4.78, 5) is 18.8. The fraction of sp³-hybridized carbons (Fsp3) is 0.562. The van der Waals surface area contributed by atoms with E-state index in [4.69, 9.17) is 5.73 Å². The van der Waals surface area contributed by atoms with Gasteiger partial charge in [0.1, 0.15) is 0 Å². The van der Waals surface area contributed by atoms with Crippen molar-refractivity contribution in [2.45, 2.75) is 13.3 Å². The second kappa shape index (κ2) is 7.43. The Hall–Kier alpha value is -1.59. The van der Waals surface area contributed by atoms with E-state index in [1.807, 2.05) is 31.3 Å². The van der Waals surface area contributed by atoms with E-state index in [1.54, 1.807) is 4.90 Å². The molecule has 1 saturated heterocycles. The number of benzene rings is 1. The number of nitrogens with two attached hydrogens (primary N) is 1. The Labute approximate surface area is 127 Å². The van der Waals surface area contributed by atoms with E-state index in [2.05, 4.69) is 16.7 Å². The minimum atomic E-state index is 0.128. The Morgan fingerprint density at radius 1 is 1.14 bits per heavy atom. The van der Waals surface area contributed by atoms with Gasteiger partial charge in [0.15, 0.2) is 0 Å². The SMILES string of the molecule is CCCN1CCN(CC(=O)N(C)c2ccc(N)cc2)CC1. The van der Waals surface area contributed by atoms with Crippen LogP contribution in [0.15, 0.2) is 24.3 Å². The zero-order valence-electron chi connectivity index (χ0n) is 13.1. The first-order valence-corrected chi connectivity index (χ1v) is 7.67. The molecule has 0 saturated carbocycles.